The number of esters is 1. The number of para-hydroxylation sites is 1. The molecule has 8 nitrogen and oxygen atoms in total. The van der Waals surface area contributed by atoms with Gasteiger partial charge in [0.25, 0.3) is 0 Å². The number of carbonyl (C=O) groups excluding carboxylic acids is 2. The van der Waals surface area contributed by atoms with Crippen LogP contribution in [0.15, 0.2) is 60.8 Å². The summed E-state index contributed by atoms with van der Waals surface area (Å²) in [4.78, 5) is 26.5. The zero-order chi connectivity index (χ0) is 24.3. The van der Waals surface area contributed by atoms with Crippen molar-refractivity contribution in [3.63, 3.8) is 0 Å². The van der Waals surface area contributed by atoms with Gasteiger partial charge < -0.3 is 19.1 Å². The van der Waals surface area contributed by atoms with Gasteiger partial charge in [-0.3, -0.25) is 4.68 Å². The molecule has 0 unspecified atom stereocenters. The number of hydrogen-bond acceptors (Lipinski definition) is 6. The SMILES string of the molecule is CCOC(=O)c1cn(C2CN(C(=O)OC(C)(C)C)C2)nc1-c1ccc(Oc2ccccc2)cc1. The van der Waals surface area contributed by atoms with Crippen LogP contribution in [0.3, 0.4) is 0 Å². The third-order valence-electron chi connectivity index (χ3n) is 5.22. The fourth-order valence-electron chi connectivity index (χ4n) is 3.55. The second kappa shape index (κ2) is 9.59. The molecule has 3 aromatic rings. The van der Waals surface area contributed by atoms with Gasteiger partial charge in [-0.25, -0.2) is 9.59 Å². The summed E-state index contributed by atoms with van der Waals surface area (Å²) in [5.74, 6) is 0.988. The minimum absolute atomic E-state index is 0.0462. The number of aromatic nitrogens is 2. The molecular formula is C26H29N3O5. The van der Waals surface area contributed by atoms with E-state index in [0.717, 1.165) is 11.3 Å². The Kier molecular flexibility index (Phi) is 6.58. The van der Waals surface area contributed by atoms with Crippen molar-refractivity contribution >= 4 is 12.1 Å². The third kappa shape index (κ3) is 5.39. The van der Waals surface area contributed by atoms with Gasteiger partial charge in [0, 0.05) is 24.8 Å². The highest BCUT2D eigenvalue weighted by atomic mass is 16.6. The highest BCUT2D eigenvalue weighted by Gasteiger charge is 2.36. The normalized spacial score (nSPS) is 13.8. The average Bonchev–Trinajstić information content (AvgIpc) is 3.18. The molecule has 1 fully saturated rings. The van der Waals surface area contributed by atoms with Gasteiger partial charge in [0.05, 0.1) is 12.6 Å². The van der Waals surface area contributed by atoms with Crippen LogP contribution in [0.4, 0.5) is 4.79 Å². The summed E-state index contributed by atoms with van der Waals surface area (Å²) in [6.45, 7) is 8.47. The van der Waals surface area contributed by atoms with Crippen LogP contribution in [0.1, 0.15) is 44.1 Å². The van der Waals surface area contributed by atoms with E-state index in [1.807, 2.05) is 75.4 Å². The summed E-state index contributed by atoms with van der Waals surface area (Å²) < 4.78 is 18.3. The highest BCUT2D eigenvalue weighted by Crippen LogP contribution is 2.30. The molecule has 1 amide bonds. The molecule has 1 saturated heterocycles. The van der Waals surface area contributed by atoms with Gasteiger partial charge in [-0.2, -0.15) is 5.10 Å². The second-order valence-corrected chi connectivity index (χ2v) is 9.07. The van der Waals surface area contributed by atoms with Crippen molar-refractivity contribution in [3.05, 3.63) is 66.4 Å². The molecule has 0 spiro atoms. The summed E-state index contributed by atoms with van der Waals surface area (Å²) in [7, 11) is 0. The van der Waals surface area contributed by atoms with Crippen molar-refractivity contribution < 1.29 is 23.8 Å². The minimum Gasteiger partial charge on any atom is -0.462 e. The molecule has 2 heterocycles. The van der Waals surface area contributed by atoms with E-state index in [2.05, 4.69) is 5.10 Å². The van der Waals surface area contributed by atoms with Gasteiger partial charge in [0.15, 0.2) is 0 Å². The van der Waals surface area contributed by atoms with Crippen LogP contribution in [0.5, 0.6) is 11.5 Å². The number of hydrogen-bond donors (Lipinski definition) is 0. The highest BCUT2D eigenvalue weighted by molar-refractivity contribution is 5.96. The third-order valence-corrected chi connectivity index (χ3v) is 5.22. The van der Waals surface area contributed by atoms with Crippen molar-refractivity contribution in [3.8, 4) is 22.8 Å². The zero-order valence-electron chi connectivity index (χ0n) is 19.9. The lowest BCUT2D eigenvalue weighted by molar-refractivity contribution is -0.000427. The monoisotopic (exact) mass is 463 g/mol. The van der Waals surface area contributed by atoms with Crippen molar-refractivity contribution in [1.29, 1.82) is 0 Å². The van der Waals surface area contributed by atoms with Gasteiger partial charge >= 0.3 is 12.1 Å². The molecule has 1 aromatic heterocycles. The Hall–Kier alpha value is -3.81. The first kappa shape index (κ1) is 23.4. The topological polar surface area (TPSA) is 82.9 Å². The van der Waals surface area contributed by atoms with E-state index in [1.165, 1.54) is 0 Å². The van der Waals surface area contributed by atoms with E-state index in [-0.39, 0.29) is 18.7 Å². The minimum atomic E-state index is -0.547. The van der Waals surface area contributed by atoms with Crippen molar-refractivity contribution in [1.82, 2.24) is 14.7 Å². The number of ether oxygens (including phenoxy) is 3. The Labute approximate surface area is 199 Å². The van der Waals surface area contributed by atoms with Gasteiger partial charge in [0.1, 0.15) is 28.4 Å². The predicted octanol–water partition coefficient (Wildman–Crippen LogP) is 5.31. The molecule has 0 atom stereocenters. The smallest absolute Gasteiger partial charge is 0.410 e. The molecule has 1 aliphatic heterocycles. The van der Waals surface area contributed by atoms with Crippen LogP contribution in [-0.2, 0) is 9.47 Å². The Bertz CT molecular complexity index is 1140. The fraction of sp³-hybridized carbons (Fsp3) is 0.346. The summed E-state index contributed by atoms with van der Waals surface area (Å²) in [6, 6.07) is 16.9. The van der Waals surface area contributed by atoms with Gasteiger partial charge in [-0.05, 0) is 64.1 Å². The quantitative estimate of drug-likeness (QED) is 0.461. The predicted molar refractivity (Wildman–Crippen MR) is 127 cm³/mol. The largest absolute Gasteiger partial charge is 0.462 e. The molecule has 0 N–H and O–H groups in total. The first-order valence-corrected chi connectivity index (χ1v) is 11.3. The summed E-state index contributed by atoms with van der Waals surface area (Å²) in [5.41, 5.74) is 1.13. The molecule has 34 heavy (non-hydrogen) atoms. The Balaban J connectivity index is 1.52. The van der Waals surface area contributed by atoms with Crippen molar-refractivity contribution in [2.24, 2.45) is 0 Å². The molecule has 0 aliphatic carbocycles. The van der Waals surface area contributed by atoms with Crippen LogP contribution < -0.4 is 4.74 Å². The van der Waals surface area contributed by atoms with Crippen LogP contribution in [0.25, 0.3) is 11.3 Å². The molecule has 0 saturated carbocycles. The molecular weight excluding hydrogens is 434 g/mol. The number of benzene rings is 2. The van der Waals surface area contributed by atoms with Crippen molar-refractivity contribution in [2.45, 2.75) is 39.3 Å². The first-order chi connectivity index (χ1) is 16.2. The number of amides is 1. The van der Waals surface area contributed by atoms with Crippen molar-refractivity contribution in [2.75, 3.05) is 19.7 Å². The standard InChI is InChI=1S/C26H29N3O5/c1-5-32-24(30)22-17-29(19-15-28(16-19)25(31)34-26(2,3)4)27-23(22)18-11-13-21(14-12-18)33-20-9-7-6-8-10-20/h6-14,17,19H,5,15-16H2,1-4H3. The first-order valence-electron chi connectivity index (χ1n) is 11.3. The molecule has 0 radical (unpaired) electrons. The fourth-order valence-corrected chi connectivity index (χ4v) is 3.55. The van der Waals surface area contributed by atoms with E-state index in [4.69, 9.17) is 14.2 Å². The molecule has 2 aromatic carbocycles. The zero-order valence-corrected chi connectivity index (χ0v) is 19.9. The number of likely N-dealkylation sites (tertiary alicyclic amines) is 1. The van der Waals surface area contributed by atoms with E-state index in [0.29, 0.717) is 30.1 Å². The maximum atomic E-state index is 12.6. The molecule has 4 rings (SSSR count). The molecule has 8 heteroatoms. The Morgan fingerprint density at radius 1 is 1.00 bits per heavy atom. The molecule has 1 aliphatic rings. The van der Waals surface area contributed by atoms with E-state index in [1.54, 1.807) is 22.7 Å². The number of carbonyl (C=O) groups is 2. The Morgan fingerprint density at radius 3 is 2.26 bits per heavy atom. The van der Waals surface area contributed by atoms with Crippen LogP contribution in [0, 0.1) is 0 Å². The van der Waals surface area contributed by atoms with Gasteiger partial charge in [0.2, 0.25) is 0 Å². The average molecular weight is 464 g/mol. The number of nitrogens with zero attached hydrogens (tertiary/aromatic N) is 3. The van der Waals surface area contributed by atoms with E-state index in [9.17, 15) is 9.59 Å². The maximum Gasteiger partial charge on any atom is 0.410 e. The van der Waals surface area contributed by atoms with Gasteiger partial charge in [-0.15, -0.1) is 0 Å². The van der Waals surface area contributed by atoms with Crippen LogP contribution in [-0.4, -0.2) is 52.0 Å². The second-order valence-electron chi connectivity index (χ2n) is 9.07. The van der Waals surface area contributed by atoms with E-state index >= 15 is 0 Å². The molecule has 0 bridgehead atoms. The lowest BCUT2D eigenvalue weighted by atomic mass is 10.1. The lowest BCUT2D eigenvalue weighted by Crippen LogP contribution is -2.52. The number of rotatable bonds is 6. The lowest BCUT2D eigenvalue weighted by Gasteiger charge is -2.39. The van der Waals surface area contributed by atoms with E-state index < -0.39 is 11.6 Å². The maximum absolute atomic E-state index is 12.6. The summed E-state index contributed by atoms with van der Waals surface area (Å²) in [5, 5.41) is 4.68. The van der Waals surface area contributed by atoms with Crippen LogP contribution in [0.2, 0.25) is 0 Å². The summed E-state index contributed by atoms with van der Waals surface area (Å²) in [6.07, 6.45) is 1.34. The Morgan fingerprint density at radius 2 is 1.65 bits per heavy atom. The van der Waals surface area contributed by atoms with Crippen LogP contribution >= 0.6 is 0 Å². The summed E-state index contributed by atoms with van der Waals surface area (Å²) >= 11 is 0. The molecule has 178 valence electrons. The van der Waals surface area contributed by atoms with Gasteiger partial charge in [-0.1, -0.05) is 18.2 Å².